The molecule has 1 saturated carbocycles. The van der Waals surface area contributed by atoms with Gasteiger partial charge in [-0.25, -0.2) is 9.97 Å². The van der Waals surface area contributed by atoms with Gasteiger partial charge < -0.3 is 15.4 Å². The zero-order valence-corrected chi connectivity index (χ0v) is 13.1. The lowest BCUT2D eigenvalue weighted by Gasteiger charge is -2.09. The molecule has 23 heavy (non-hydrogen) atoms. The molecule has 0 atom stereocenters. The highest BCUT2D eigenvalue weighted by atomic mass is 16.5. The normalized spacial score (nSPS) is 13.4. The van der Waals surface area contributed by atoms with E-state index in [0.29, 0.717) is 30.5 Å². The second kappa shape index (κ2) is 7.09. The minimum absolute atomic E-state index is 0.169. The van der Waals surface area contributed by atoms with Crippen molar-refractivity contribution in [1.29, 1.82) is 0 Å². The molecule has 6 heteroatoms. The summed E-state index contributed by atoms with van der Waals surface area (Å²) in [5.74, 6) is 1.25. The molecule has 0 saturated heterocycles. The first-order valence-electron chi connectivity index (χ1n) is 7.75. The molecular formula is C17H20N4O2. The number of carbonyl (C=O) groups excluding carboxylic acids is 1. The number of carbonyl (C=O) groups is 1. The number of rotatable bonds is 7. The van der Waals surface area contributed by atoms with E-state index >= 15 is 0 Å². The third kappa shape index (κ3) is 4.18. The van der Waals surface area contributed by atoms with Gasteiger partial charge in [-0.1, -0.05) is 18.2 Å². The summed E-state index contributed by atoms with van der Waals surface area (Å²) >= 11 is 0. The Bertz CT molecular complexity index is 669. The van der Waals surface area contributed by atoms with Crippen LogP contribution in [0.5, 0.6) is 5.75 Å². The van der Waals surface area contributed by atoms with Crippen molar-refractivity contribution in [3.8, 4) is 5.75 Å². The van der Waals surface area contributed by atoms with E-state index in [1.54, 1.807) is 19.5 Å². The number of anilines is 1. The maximum Gasteiger partial charge on any atom is 0.254 e. The number of hydrogen-bond acceptors (Lipinski definition) is 5. The van der Waals surface area contributed by atoms with Crippen LogP contribution in [0, 0.1) is 0 Å². The molecule has 0 spiro atoms. The van der Waals surface area contributed by atoms with Crippen molar-refractivity contribution >= 4 is 11.9 Å². The summed E-state index contributed by atoms with van der Waals surface area (Å²) in [5.41, 5.74) is 1.53. The molecule has 0 aliphatic heterocycles. The summed E-state index contributed by atoms with van der Waals surface area (Å²) in [7, 11) is 1.64. The lowest BCUT2D eigenvalue weighted by Crippen LogP contribution is -2.26. The Kier molecular flexibility index (Phi) is 4.71. The molecule has 3 rings (SSSR count). The first-order valence-corrected chi connectivity index (χ1v) is 7.75. The van der Waals surface area contributed by atoms with Gasteiger partial charge in [0.2, 0.25) is 5.95 Å². The number of ether oxygens (including phenoxy) is 1. The molecule has 6 nitrogen and oxygen atoms in total. The van der Waals surface area contributed by atoms with Crippen molar-refractivity contribution in [1.82, 2.24) is 15.3 Å². The highest BCUT2D eigenvalue weighted by Crippen LogP contribution is 2.22. The molecule has 1 fully saturated rings. The van der Waals surface area contributed by atoms with Gasteiger partial charge >= 0.3 is 0 Å². The Balaban J connectivity index is 1.50. The quantitative estimate of drug-likeness (QED) is 0.818. The maximum atomic E-state index is 12.1. The van der Waals surface area contributed by atoms with Crippen molar-refractivity contribution in [2.75, 3.05) is 19.0 Å². The second-order valence-electron chi connectivity index (χ2n) is 5.53. The Morgan fingerprint density at radius 2 is 2.00 bits per heavy atom. The summed E-state index contributed by atoms with van der Waals surface area (Å²) in [5, 5.41) is 6.07. The average molecular weight is 312 g/mol. The number of para-hydroxylation sites is 1. The average Bonchev–Trinajstić information content (AvgIpc) is 3.40. The molecule has 0 bridgehead atoms. The summed E-state index contributed by atoms with van der Waals surface area (Å²) in [6, 6.07) is 8.29. The summed E-state index contributed by atoms with van der Waals surface area (Å²) in [4.78, 5) is 20.4. The highest BCUT2D eigenvalue weighted by molar-refractivity contribution is 5.93. The van der Waals surface area contributed by atoms with Gasteiger partial charge in [0.1, 0.15) is 5.75 Å². The van der Waals surface area contributed by atoms with E-state index in [1.165, 1.54) is 0 Å². The Morgan fingerprint density at radius 3 is 2.70 bits per heavy atom. The van der Waals surface area contributed by atoms with Crippen LogP contribution >= 0.6 is 0 Å². The van der Waals surface area contributed by atoms with Gasteiger partial charge in [-0.15, -0.1) is 0 Å². The van der Waals surface area contributed by atoms with Crippen LogP contribution in [-0.4, -0.2) is 35.6 Å². The number of methoxy groups -OCH3 is 1. The topological polar surface area (TPSA) is 76.1 Å². The zero-order chi connectivity index (χ0) is 16.1. The van der Waals surface area contributed by atoms with Gasteiger partial charge in [0.25, 0.3) is 5.91 Å². The summed E-state index contributed by atoms with van der Waals surface area (Å²) < 4.78 is 5.30. The smallest absolute Gasteiger partial charge is 0.254 e. The monoisotopic (exact) mass is 312 g/mol. The van der Waals surface area contributed by atoms with E-state index in [1.807, 2.05) is 24.3 Å². The van der Waals surface area contributed by atoms with Crippen LogP contribution in [0.1, 0.15) is 28.8 Å². The van der Waals surface area contributed by atoms with Crippen molar-refractivity contribution in [2.45, 2.75) is 25.3 Å². The molecule has 2 N–H and O–H groups in total. The molecular weight excluding hydrogens is 292 g/mol. The number of benzene rings is 1. The Labute approximate surface area is 135 Å². The molecule has 2 aromatic rings. The first-order chi connectivity index (χ1) is 11.3. The Morgan fingerprint density at radius 1 is 1.26 bits per heavy atom. The molecule has 1 aromatic heterocycles. The molecule has 0 radical (unpaired) electrons. The van der Waals surface area contributed by atoms with E-state index < -0.39 is 0 Å². The number of aromatic nitrogens is 2. The van der Waals surface area contributed by atoms with Gasteiger partial charge in [0.15, 0.2) is 0 Å². The SMILES string of the molecule is COc1ccccc1CCNC(=O)c1cnc(NC2CC2)nc1. The standard InChI is InChI=1S/C17H20N4O2/c1-23-15-5-3-2-4-12(15)8-9-18-16(22)13-10-19-17(20-11-13)21-14-6-7-14/h2-5,10-11,14H,6-9H2,1H3,(H,18,22)(H,19,20,21). The lowest BCUT2D eigenvalue weighted by atomic mass is 10.1. The summed E-state index contributed by atoms with van der Waals surface area (Å²) in [6.07, 6.45) is 6.13. The van der Waals surface area contributed by atoms with Crippen molar-refractivity contribution in [3.05, 3.63) is 47.8 Å². The van der Waals surface area contributed by atoms with Crippen molar-refractivity contribution in [3.63, 3.8) is 0 Å². The molecule has 1 heterocycles. The predicted molar refractivity (Wildman–Crippen MR) is 87.7 cm³/mol. The first kappa shape index (κ1) is 15.3. The van der Waals surface area contributed by atoms with Crippen molar-refractivity contribution in [2.24, 2.45) is 0 Å². The van der Waals surface area contributed by atoms with Crippen LogP contribution in [0.2, 0.25) is 0 Å². The van der Waals surface area contributed by atoms with Crippen LogP contribution in [0.25, 0.3) is 0 Å². The van der Waals surface area contributed by atoms with Gasteiger partial charge in [0.05, 0.1) is 12.7 Å². The third-order valence-corrected chi connectivity index (χ3v) is 3.70. The number of nitrogens with zero attached hydrogens (tertiary/aromatic N) is 2. The fourth-order valence-electron chi connectivity index (χ4n) is 2.25. The van der Waals surface area contributed by atoms with Crippen LogP contribution in [-0.2, 0) is 6.42 Å². The van der Waals surface area contributed by atoms with E-state index in [2.05, 4.69) is 20.6 Å². The number of amides is 1. The van der Waals surface area contributed by atoms with Crippen LogP contribution in [0.3, 0.4) is 0 Å². The van der Waals surface area contributed by atoms with E-state index in [4.69, 9.17) is 4.74 Å². The van der Waals surface area contributed by atoms with Gasteiger partial charge in [-0.3, -0.25) is 4.79 Å². The lowest BCUT2D eigenvalue weighted by molar-refractivity contribution is 0.0953. The number of hydrogen-bond donors (Lipinski definition) is 2. The van der Waals surface area contributed by atoms with Crippen molar-refractivity contribution < 1.29 is 9.53 Å². The fraction of sp³-hybridized carbons (Fsp3) is 0.353. The molecule has 1 aromatic carbocycles. The van der Waals surface area contributed by atoms with E-state index in [-0.39, 0.29) is 5.91 Å². The zero-order valence-electron chi connectivity index (χ0n) is 13.1. The molecule has 120 valence electrons. The Hall–Kier alpha value is -2.63. The molecule has 0 unspecified atom stereocenters. The molecule has 1 aliphatic carbocycles. The molecule has 1 aliphatic rings. The van der Waals surface area contributed by atoms with Gasteiger partial charge in [-0.05, 0) is 30.9 Å². The van der Waals surface area contributed by atoms with E-state index in [9.17, 15) is 4.79 Å². The largest absolute Gasteiger partial charge is 0.496 e. The highest BCUT2D eigenvalue weighted by Gasteiger charge is 2.21. The van der Waals surface area contributed by atoms with Gasteiger partial charge in [0, 0.05) is 25.0 Å². The maximum absolute atomic E-state index is 12.1. The van der Waals surface area contributed by atoms with Crippen LogP contribution < -0.4 is 15.4 Å². The minimum atomic E-state index is -0.169. The minimum Gasteiger partial charge on any atom is -0.496 e. The number of nitrogens with one attached hydrogen (secondary N) is 2. The van der Waals surface area contributed by atoms with Crippen LogP contribution in [0.15, 0.2) is 36.7 Å². The van der Waals surface area contributed by atoms with E-state index in [0.717, 1.165) is 24.2 Å². The molecule has 1 amide bonds. The third-order valence-electron chi connectivity index (χ3n) is 3.70. The van der Waals surface area contributed by atoms with Gasteiger partial charge in [-0.2, -0.15) is 0 Å². The fourth-order valence-corrected chi connectivity index (χ4v) is 2.25. The van der Waals surface area contributed by atoms with Crippen LogP contribution in [0.4, 0.5) is 5.95 Å². The second-order valence-corrected chi connectivity index (χ2v) is 5.53. The predicted octanol–water partition coefficient (Wildman–Crippen LogP) is 2.03. The summed E-state index contributed by atoms with van der Waals surface area (Å²) in [6.45, 7) is 0.529.